The number of hydrogen-bond donors (Lipinski definition) is 0. The number of fused-ring (bicyclic) bond motifs is 1. The van der Waals surface area contributed by atoms with E-state index in [1.807, 2.05) is 24.3 Å². The standard InChI is InChI=1S/C16H17F3N4OS/c1-10(25-15-21-20-14(22(15)2)16(17,18)19)13(24)23-9-5-7-11-6-3-4-8-12(11)23/h3-4,6,8,10H,5,7,9H2,1-2H3/t10-/m1/s1. The summed E-state index contributed by atoms with van der Waals surface area (Å²) in [6.45, 7) is 2.28. The SMILES string of the molecule is C[C@@H](Sc1nnc(C(F)(F)F)n1C)C(=O)N1CCCc2ccccc21. The van der Waals surface area contributed by atoms with E-state index in [-0.39, 0.29) is 11.1 Å². The van der Waals surface area contributed by atoms with Crippen molar-refractivity contribution in [3.8, 4) is 0 Å². The first-order valence-electron chi connectivity index (χ1n) is 7.81. The Morgan fingerprint density at radius 1 is 1.28 bits per heavy atom. The molecule has 1 atom stereocenters. The smallest absolute Gasteiger partial charge is 0.311 e. The fourth-order valence-electron chi connectivity index (χ4n) is 2.85. The molecule has 0 fully saturated rings. The van der Waals surface area contributed by atoms with Crippen LogP contribution in [0.3, 0.4) is 0 Å². The molecule has 0 radical (unpaired) electrons. The number of rotatable bonds is 3. The van der Waals surface area contributed by atoms with Crippen LogP contribution < -0.4 is 4.90 Å². The molecule has 0 spiro atoms. The summed E-state index contributed by atoms with van der Waals surface area (Å²) in [4.78, 5) is 14.5. The molecule has 1 aliphatic rings. The number of halogens is 3. The van der Waals surface area contributed by atoms with Crippen LogP contribution in [0.4, 0.5) is 18.9 Å². The van der Waals surface area contributed by atoms with Gasteiger partial charge in [0.15, 0.2) is 5.16 Å². The third-order valence-electron chi connectivity index (χ3n) is 4.09. The number of anilines is 1. The molecule has 1 aromatic heterocycles. The van der Waals surface area contributed by atoms with Crippen molar-refractivity contribution in [2.45, 2.75) is 36.3 Å². The summed E-state index contributed by atoms with van der Waals surface area (Å²) in [5, 5.41) is 6.26. The Balaban J connectivity index is 1.78. The van der Waals surface area contributed by atoms with Crippen molar-refractivity contribution in [2.75, 3.05) is 11.4 Å². The number of nitrogens with zero attached hydrogens (tertiary/aromatic N) is 4. The fourth-order valence-corrected chi connectivity index (χ4v) is 3.73. The molecule has 0 bridgehead atoms. The number of aromatic nitrogens is 3. The first-order valence-corrected chi connectivity index (χ1v) is 8.69. The highest BCUT2D eigenvalue weighted by atomic mass is 32.2. The highest BCUT2D eigenvalue weighted by Gasteiger charge is 2.38. The highest BCUT2D eigenvalue weighted by molar-refractivity contribution is 8.00. The van der Waals surface area contributed by atoms with Crippen LogP contribution in [0.5, 0.6) is 0 Å². The van der Waals surface area contributed by atoms with Gasteiger partial charge in [-0.15, -0.1) is 10.2 Å². The van der Waals surface area contributed by atoms with Crippen LogP contribution in [0.25, 0.3) is 0 Å². The third-order valence-corrected chi connectivity index (χ3v) is 5.22. The number of amides is 1. The maximum absolute atomic E-state index is 12.8. The van der Waals surface area contributed by atoms with Gasteiger partial charge in [0.1, 0.15) is 0 Å². The first kappa shape index (κ1) is 17.8. The Bertz CT molecular complexity index is 790. The molecule has 0 aliphatic carbocycles. The van der Waals surface area contributed by atoms with E-state index in [1.165, 1.54) is 7.05 Å². The fraction of sp³-hybridized carbons (Fsp3) is 0.438. The number of carbonyl (C=O) groups excluding carboxylic acids is 1. The van der Waals surface area contributed by atoms with Crippen LogP contribution >= 0.6 is 11.8 Å². The Morgan fingerprint density at radius 3 is 2.68 bits per heavy atom. The van der Waals surface area contributed by atoms with E-state index >= 15 is 0 Å². The van der Waals surface area contributed by atoms with Gasteiger partial charge >= 0.3 is 6.18 Å². The van der Waals surface area contributed by atoms with Crippen LogP contribution in [-0.4, -0.2) is 32.5 Å². The van der Waals surface area contributed by atoms with Gasteiger partial charge in [0, 0.05) is 19.3 Å². The van der Waals surface area contributed by atoms with Crippen LogP contribution in [0, 0.1) is 0 Å². The molecule has 0 saturated heterocycles. The largest absolute Gasteiger partial charge is 0.451 e. The zero-order valence-corrected chi connectivity index (χ0v) is 14.6. The molecule has 9 heteroatoms. The van der Waals surface area contributed by atoms with Crippen LogP contribution in [0.2, 0.25) is 0 Å². The van der Waals surface area contributed by atoms with E-state index in [1.54, 1.807) is 11.8 Å². The lowest BCUT2D eigenvalue weighted by atomic mass is 10.0. The van der Waals surface area contributed by atoms with E-state index in [4.69, 9.17) is 0 Å². The number of aryl methyl sites for hydroxylation is 1. The Morgan fingerprint density at radius 2 is 2.00 bits per heavy atom. The molecule has 2 aromatic rings. The second kappa shape index (κ2) is 6.70. The van der Waals surface area contributed by atoms with E-state index in [9.17, 15) is 18.0 Å². The zero-order valence-electron chi connectivity index (χ0n) is 13.7. The van der Waals surface area contributed by atoms with Crippen molar-refractivity contribution in [2.24, 2.45) is 7.05 Å². The molecule has 0 unspecified atom stereocenters. The number of alkyl halides is 3. The van der Waals surface area contributed by atoms with Crippen molar-refractivity contribution in [3.63, 3.8) is 0 Å². The maximum Gasteiger partial charge on any atom is 0.451 e. The molecule has 0 saturated carbocycles. The Labute approximate surface area is 147 Å². The average molecular weight is 370 g/mol. The van der Waals surface area contributed by atoms with E-state index in [2.05, 4.69) is 10.2 Å². The Kier molecular flexibility index (Phi) is 4.77. The predicted molar refractivity (Wildman–Crippen MR) is 88.4 cm³/mol. The lowest BCUT2D eigenvalue weighted by molar-refractivity contribution is -0.147. The maximum atomic E-state index is 12.8. The summed E-state index contributed by atoms with van der Waals surface area (Å²) in [5.41, 5.74) is 1.98. The van der Waals surface area contributed by atoms with Crippen molar-refractivity contribution < 1.29 is 18.0 Å². The van der Waals surface area contributed by atoms with Crippen molar-refractivity contribution in [3.05, 3.63) is 35.7 Å². The quantitative estimate of drug-likeness (QED) is 0.778. The number of para-hydroxylation sites is 1. The van der Waals surface area contributed by atoms with Gasteiger partial charge in [-0.25, -0.2) is 0 Å². The monoisotopic (exact) mass is 370 g/mol. The number of hydrogen-bond acceptors (Lipinski definition) is 4. The minimum Gasteiger partial charge on any atom is -0.311 e. The van der Waals surface area contributed by atoms with Gasteiger partial charge in [0.25, 0.3) is 0 Å². The van der Waals surface area contributed by atoms with Gasteiger partial charge in [-0.05, 0) is 31.4 Å². The number of thioether (sulfide) groups is 1. The van der Waals surface area contributed by atoms with Gasteiger partial charge in [0.05, 0.1) is 5.25 Å². The summed E-state index contributed by atoms with van der Waals surface area (Å²) in [6, 6.07) is 7.70. The highest BCUT2D eigenvalue weighted by Crippen LogP contribution is 2.33. The molecular weight excluding hydrogens is 353 g/mol. The summed E-state index contributed by atoms with van der Waals surface area (Å²) in [6.07, 6.45) is -2.79. The van der Waals surface area contributed by atoms with Crippen molar-refractivity contribution >= 4 is 23.4 Å². The normalized spacial score (nSPS) is 15.8. The topological polar surface area (TPSA) is 51.0 Å². The van der Waals surface area contributed by atoms with Crippen LogP contribution in [-0.2, 0) is 24.4 Å². The van der Waals surface area contributed by atoms with Gasteiger partial charge in [-0.3, -0.25) is 4.79 Å². The molecule has 1 aromatic carbocycles. The zero-order chi connectivity index (χ0) is 18.2. The van der Waals surface area contributed by atoms with Gasteiger partial charge in [-0.1, -0.05) is 30.0 Å². The summed E-state index contributed by atoms with van der Waals surface area (Å²) >= 11 is 0.982. The van der Waals surface area contributed by atoms with Crippen molar-refractivity contribution in [1.29, 1.82) is 0 Å². The van der Waals surface area contributed by atoms with Gasteiger partial charge in [0.2, 0.25) is 11.7 Å². The molecule has 1 aliphatic heterocycles. The minimum absolute atomic E-state index is 0.0680. The lowest BCUT2D eigenvalue weighted by Crippen LogP contribution is -2.40. The molecule has 5 nitrogen and oxygen atoms in total. The lowest BCUT2D eigenvalue weighted by Gasteiger charge is -2.31. The summed E-state index contributed by atoms with van der Waals surface area (Å²) < 4.78 is 39.3. The Hall–Kier alpha value is -2.03. The van der Waals surface area contributed by atoms with E-state index in [0.29, 0.717) is 6.54 Å². The molecule has 1 amide bonds. The third kappa shape index (κ3) is 3.51. The second-order valence-electron chi connectivity index (χ2n) is 5.85. The number of benzene rings is 1. The first-order chi connectivity index (χ1) is 11.8. The summed E-state index contributed by atoms with van der Waals surface area (Å²) in [7, 11) is 1.25. The minimum atomic E-state index is -4.57. The molecule has 134 valence electrons. The molecule has 0 N–H and O–H groups in total. The molecule has 3 rings (SSSR count). The van der Waals surface area contributed by atoms with E-state index in [0.717, 1.165) is 40.4 Å². The predicted octanol–water partition coefficient (Wildman–Crippen LogP) is 3.29. The number of carbonyl (C=O) groups is 1. The second-order valence-corrected chi connectivity index (χ2v) is 7.15. The molecule has 2 heterocycles. The van der Waals surface area contributed by atoms with Gasteiger partial charge < -0.3 is 9.47 Å². The van der Waals surface area contributed by atoms with Crippen LogP contribution in [0.1, 0.15) is 24.7 Å². The van der Waals surface area contributed by atoms with Gasteiger partial charge in [-0.2, -0.15) is 13.2 Å². The van der Waals surface area contributed by atoms with Crippen LogP contribution in [0.15, 0.2) is 29.4 Å². The summed E-state index contributed by atoms with van der Waals surface area (Å²) in [5.74, 6) is -1.22. The molecule has 25 heavy (non-hydrogen) atoms. The molecular formula is C16H17F3N4OS. The van der Waals surface area contributed by atoms with Crippen molar-refractivity contribution in [1.82, 2.24) is 14.8 Å². The average Bonchev–Trinajstić information content (AvgIpc) is 2.94. The van der Waals surface area contributed by atoms with E-state index < -0.39 is 17.3 Å².